The Morgan fingerprint density at radius 2 is 1.95 bits per heavy atom. The summed E-state index contributed by atoms with van der Waals surface area (Å²) in [7, 11) is 0. The van der Waals surface area contributed by atoms with Gasteiger partial charge in [-0.2, -0.15) is 0 Å². The van der Waals surface area contributed by atoms with Crippen molar-refractivity contribution in [3.05, 3.63) is 28.7 Å². The molecule has 2 amide bonds. The highest BCUT2D eigenvalue weighted by Crippen LogP contribution is 2.13. The van der Waals surface area contributed by atoms with Gasteiger partial charge < -0.3 is 16.0 Å². The maximum atomic E-state index is 11.7. The Hall–Kier alpha value is -1.11. The molecule has 2 rings (SSSR count). The molecule has 1 fully saturated rings. The molecule has 7 heteroatoms. The van der Waals surface area contributed by atoms with Crippen molar-refractivity contribution in [1.29, 1.82) is 0 Å². The molecule has 3 N–H and O–H groups in total. The SMILES string of the molecule is Cl.O=C(CC1CCCN1)NCC(=O)Nc1ccc(Br)cc1. The minimum Gasteiger partial charge on any atom is -0.347 e. The molecule has 0 saturated carbocycles. The fourth-order valence-electron chi connectivity index (χ4n) is 2.14. The topological polar surface area (TPSA) is 70.2 Å². The first-order chi connectivity index (χ1) is 9.63. The maximum Gasteiger partial charge on any atom is 0.243 e. The second-order valence-corrected chi connectivity index (χ2v) is 5.74. The largest absolute Gasteiger partial charge is 0.347 e. The van der Waals surface area contributed by atoms with Crippen LogP contribution < -0.4 is 16.0 Å². The van der Waals surface area contributed by atoms with Gasteiger partial charge in [-0.15, -0.1) is 12.4 Å². The van der Waals surface area contributed by atoms with Crippen molar-refractivity contribution in [3.63, 3.8) is 0 Å². The molecule has 1 atom stereocenters. The van der Waals surface area contributed by atoms with Gasteiger partial charge in [-0.3, -0.25) is 9.59 Å². The number of nitrogens with one attached hydrogen (secondary N) is 3. The quantitative estimate of drug-likeness (QED) is 0.737. The number of amides is 2. The summed E-state index contributed by atoms with van der Waals surface area (Å²) in [6, 6.07) is 7.54. The van der Waals surface area contributed by atoms with Crippen LogP contribution in [0, 0.1) is 0 Å². The van der Waals surface area contributed by atoms with Gasteiger partial charge in [0.05, 0.1) is 6.54 Å². The molecule has 1 aliphatic heterocycles. The van der Waals surface area contributed by atoms with Crippen molar-refractivity contribution < 1.29 is 9.59 Å². The van der Waals surface area contributed by atoms with Crippen LogP contribution in [-0.2, 0) is 9.59 Å². The third-order valence-corrected chi connectivity index (χ3v) is 3.70. The van der Waals surface area contributed by atoms with Crippen LogP contribution in [0.4, 0.5) is 5.69 Å². The molecule has 0 bridgehead atoms. The lowest BCUT2D eigenvalue weighted by atomic mass is 10.1. The fourth-order valence-corrected chi connectivity index (χ4v) is 2.41. The van der Waals surface area contributed by atoms with Crippen LogP contribution in [0.15, 0.2) is 28.7 Å². The molecule has 1 unspecified atom stereocenters. The van der Waals surface area contributed by atoms with Crippen LogP contribution in [0.2, 0.25) is 0 Å². The normalized spacial score (nSPS) is 16.9. The Balaban J connectivity index is 0.00000220. The van der Waals surface area contributed by atoms with Gasteiger partial charge in [0, 0.05) is 22.6 Å². The lowest BCUT2D eigenvalue weighted by molar-refractivity contribution is -0.124. The van der Waals surface area contributed by atoms with Crippen molar-refractivity contribution >= 4 is 45.8 Å². The summed E-state index contributed by atoms with van der Waals surface area (Å²) < 4.78 is 0.952. The molecule has 1 saturated heterocycles. The Labute approximate surface area is 138 Å². The molecular weight excluding hydrogens is 358 g/mol. The smallest absolute Gasteiger partial charge is 0.243 e. The predicted molar refractivity (Wildman–Crippen MR) is 88.7 cm³/mol. The molecule has 0 aromatic heterocycles. The average Bonchev–Trinajstić information content (AvgIpc) is 2.92. The van der Waals surface area contributed by atoms with E-state index in [1.807, 2.05) is 12.1 Å². The Morgan fingerprint density at radius 3 is 2.57 bits per heavy atom. The summed E-state index contributed by atoms with van der Waals surface area (Å²) >= 11 is 3.33. The molecule has 0 spiro atoms. The molecule has 1 aromatic rings. The van der Waals surface area contributed by atoms with Crippen LogP contribution in [0.25, 0.3) is 0 Å². The molecule has 116 valence electrons. The molecule has 0 aliphatic carbocycles. The summed E-state index contributed by atoms with van der Waals surface area (Å²) in [6.45, 7) is 0.976. The highest BCUT2D eigenvalue weighted by Gasteiger charge is 2.17. The molecular formula is C14H19BrClN3O2. The minimum absolute atomic E-state index is 0. The van der Waals surface area contributed by atoms with E-state index in [-0.39, 0.29) is 36.8 Å². The Bertz CT molecular complexity index is 476. The lowest BCUT2D eigenvalue weighted by Crippen LogP contribution is -2.36. The molecule has 21 heavy (non-hydrogen) atoms. The number of hydrogen-bond acceptors (Lipinski definition) is 3. The van der Waals surface area contributed by atoms with E-state index in [0.29, 0.717) is 12.1 Å². The average molecular weight is 377 g/mol. The van der Waals surface area contributed by atoms with E-state index >= 15 is 0 Å². The zero-order valence-electron chi connectivity index (χ0n) is 11.5. The zero-order chi connectivity index (χ0) is 14.4. The van der Waals surface area contributed by atoms with E-state index in [0.717, 1.165) is 23.9 Å². The van der Waals surface area contributed by atoms with Crippen LogP contribution in [0.3, 0.4) is 0 Å². The first-order valence-electron chi connectivity index (χ1n) is 6.69. The van der Waals surface area contributed by atoms with Gasteiger partial charge in [0.25, 0.3) is 0 Å². The van der Waals surface area contributed by atoms with Gasteiger partial charge in [-0.1, -0.05) is 15.9 Å². The second-order valence-electron chi connectivity index (χ2n) is 4.83. The van der Waals surface area contributed by atoms with Crippen LogP contribution in [0.1, 0.15) is 19.3 Å². The third kappa shape index (κ3) is 6.46. The molecule has 5 nitrogen and oxygen atoms in total. The third-order valence-electron chi connectivity index (χ3n) is 3.17. The van der Waals surface area contributed by atoms with E-state index in [9.17, 15) is 9.59 Å². The number of carbonyl (C=O) groups excluding carboxylic acids is 2. The summed E-state index contributed by atoms with van der Waals surface area (Å²) in [4.78, 5) is 23.3. The minimum atomic E-state index is -0.222. The Morgan fingerprint density at radius 1 is 1.24 bits per heavy atom. The van der Waals surface area contributed by atoms with Gasteiger partial charge in [0.15, 0.2) is 0 Å². The van der Waals surface area contributed by atoms with Crippen LogP contribution in [0.5, 0.6) is 0 Å². The summed E-state index contributed by atoms with van der Waals surface area (Å²) in [6.07, 6.45) is 2.58. The van der Waals surface area contributed by atoms with E-state index in [1.165, 1.54) is 0 Å². The van der Waals surface area contributed by atoms with Crippen LogP contribution >= 0.6 is 28.3 Å². The number of halogens is 2. The highest BCUT2D eigenvalue weighted by atomic mass is 79.9. The van der Waals surface area contributed by atoms with E-state index in [2.05, 4.69) is 31.9 Å². The van der Waals surface area contributed by atoms with Crippen molar-refractivity contribution in [3.8, 4) is 0 Å². The van der Waals surface area contributed by atoms with E-state index in [1.54, 1.807) is 12.1 Å². The van der Waals surface area contributed by atoms with Crippen molar-refractivity contribution in [2.24, 2.45) is 0 Å². The zero-order valence-corrected chi connectivity index (χ0v) is 13.9. The number of anilines is 1. The van der Waals surface area contributed by atoms with E-state index < -0.39 is 0 Å². The van der Waals surface area contributed by atoms with Gasteiger partial charge in [0.1, 0.15) is 0 Å². The Kier molecular flexibility index (Phi) is 7.71. The molecule has 0 radical (unpaired) electrons. The molecule has 1 aliphatic rings. The van der Waals surface area contributed by atoms with Crippen molar-refractivity contribution in [1.82, 2.24) is 10.6 Å². The highest BCUT2D eigenvalue weighted by molar-refractivity contribution is 9.10. The lowest BCUT2D eigenvalue weighted by Gasteiger charge is -2.10. The number of hydrogen-bond donors (Lipinski definition) is 3. The van der Waals surface area contributed by atoms with Gasteiger partial charge in [-0.25, -0.2) is 0 Å². The van der Waals surface area contributed by atoms with Crippen molar-refractivity contribution in [2.45, 2.75) is 25.3 Å². The maximum absolute atomic E-state index is 11.7. The fraction of sp³-hybridized carbons (Fsp3) is 0.429. The van der Waals surface area contributed by atoms with Crippen molar-refractivity contribution in [2.75, 3.05) is 18.4 Å². The van der Waals surface area contributed by atoms with Crippen LogP contribution in [-0.4, -0.2) is 30.9 Å². The van der Waals surface area contributed by atoms with Gasteiger partial charge in [-0.05, 0) is 43.7 Å². The first kappa shape index (κ1) is 17.9. The summed E-state index contributed by atoms with van der Waals surface area (Å²) in [5.41, 5.74) is 0.713. The predicted octanol–water partition coefficient (Wildman–Crippen LogP) is 2.07. The standard InChI is InChI=1S/C14H18BrN3O2.ClH/c15-10-3-5-11(6-4-10)18-14(20)9-17-13(19)8-12-2-1-7-16-12;/h3-6,12,16H,1-2,7-9H2,(H,17,19)(H,18,20);1H. The molecule has 1 aromatic carbocycles. The number of benzene rings is 1. The molecule has 1 heterocycles. The summed E-state index contributed by atoms with van der Waals surface area (Å²) in [5, 5.41) is 8.62. The van der Waals surface area contributed by atoms with E-state index in [4.69, 9.17) is 0 Å². The first-order valence-corrected chi connectivity index (χ1v) is 7.48. The van der Waals surface area contributed by atoms with Gasteiger partial charge >= 0.3 is 0 Å². The second kappa shape index (κ2) is 9.02. The monoisotopic (exact) mass is 375 g/mol. The number of rotatable bonds is 5. The summed E-state index contributed by atoms with van der Waals surface area (Å²) in [5.74, 6) is -0.310. The number of carbonyl (C=O) groups is 2. The van der Waals surface area contributed by atoms with Gasteiger partial charge in [0.2, 0.25) is 11.8 Å².